The zero-order chi connectivity index (χ0) is 20.8. The van der Waals surface area contributed by atoms with Crippen molar-refractivity contribution in [1.82, 2.24) is 4.98 Å². The van der Waals surface area contributed by atoms with Gasteiger partial charge in [0.05, 0.1) is 19.9 Å². The Morgan fingerprint density at radius 1 is 1.14 bits per heavy atom. The Bertz CT molecular complexity index is 941. The van der Waals surface area contributed by atoms with Crippen LogP contribution in [0.15, 0.2) is 53.1 Å². The van der Waals surface area contributed by atoms with Gasteiger partial charge in [-0.2, -0.15) is 0 Å². The molecule has 0 spiro atoms. The lowest BCUT2D eigenvalue weighted by atomic mass is 10.0. The first kappa shape index (κ1) is 20.3. The topological polar surface area (TPSA) is 91.0 Å². The monoisotopic (exact) mass is 397 g/mol. The average Bonchev–Trinajstić information content (AvgIpc) is 3.22. The van der Waals surface area contributed by atoms with Crippen LogP contribution in [0, 0.1) is 0 Å². The molecule has 1 heterocycles. The Labute approximate surface area is 168 Å². The predicted octanol–water partition coefficient (Wildman–Crippen LogP) is 4.52. The van der Waals surface area contributed by atoms with E-state index in [1.807, 2.05) is 30.3 Å². The number of ether oxygens (including phenoxy) is 3. The second kappa shape index (κ2) is 9.14. The summed E-state index contributed by atoms with van der Waals surface area (Å²) >= 11 is 0. The van der Waals surface area contributed by atoms with Gasteiger partial charge in [0.2, 0.25) is 11.6 Å². The third-order valence-corrected chi connectivity index (χ3v) is 4.52. The highest BCUT2D eigenvalue weighted by molar-refractivity contribution is 5.75. The van der Waals surface area contributed by atoms with Crippen molar-refractivity contribution in [2.75, 3.05) is 14.2 Å². The zero-order valence-electron chi connectivity index (χ0n) is 16.5. The fraction of sp³-hybridized carbons (Fsp3) is 0.273. The predicted molar refractivity (Wildman–Crippen MR) is 106 cm³/mol. The highest BCUT2D eigenvalue weighted by atomic mass is 16.5. The first-order chi connectivity index (χ1) is 14.1. The standard InChI is InChI=1S/C22H23NO6/c1-4-16(22(24)25)17-13-29-21(23-17)15-10-18(26-2)20(19(11-15)27-3)28-12-14-8-6-5-7-9-14/h5-11,13,16H,4,12H2,1-3H3,(H,24,25). The first-order valence-electron chi connectivity index (χ1n) is 9.18. The molecule has 0 aliphatic heterocycles. The molecule has 152 valence electrons. The molecule has 3 aromatic rings. The normalized spacial score (nSPS) is 11.7. The summed E-state index contributed by atoms with van der Waals surface area (Å²) in [5.74, 6) is 0.00909. The summed E-state index contributed by atoms with van der Waals surface area (Å²) in [6, 6.07) is 13.2. The zero-order valence-corrected chi connectivity index (χ0v) is 16.5. The lowest BCUT2D eigenvalue weighted by Crippen LogP contribution is -2.10. The van der Waals surface area contributed by atoms with E-state index in [2.05, 4.69) is 4.98 Å². The van der Waals surface area contributed by atoms with E-state index >= 15 is 0 Å². The first-order valence-corrected chi connectivity index (χ1v) is 9.18. The molecule has 0 saturated carbocycles. The van der Waals surface area contributed by atoms with Crippen LogP contribution in [0.25, 0.3) is 11.5 Å². The van der Waals surface area contributed by atoms with Crippen LogP contribution < -0.4 is 14.2 Å². The smallest absolute Gasteiger partial charge is 0.312 e. The molecule has 0 bridgehead atoms. The van der Waals surface area contributed by atoms with Crippen LogP contribution in [-0.2, 0) is 11.4 Å². The van der Waals surface area contributed by atoms with Gasteiger partial charge >= 0.3 is 5.97 Å². The number of oxazole rings is 1. The molecule has 0 saturated heterocycles. The third kappa shape index (κ3) is 4.51. The summed E-state index contributed by atoms with van der Waals surface area (Å²) in [5, 5.41) is 9.32. The second-order valence-corrected chi connectivity index (χ2v) is 6.36. The number of methoxy groups -OCH3 is 2. The van der Waals surface area contributed by atoms with Crippen molar-refractivity contribution in [3.63, 3.8) is 0 Å². The van der Waals surface area contributed by atoms with E-state index in [-0.39, 0.29) is 5.89 Å². The van der Waals surface area contributed by atoms with E-state index in [1.165, 1.54) is 20.5 Å². The fourth-order valence-corrected chi connectivity index (χ4v) is 2.96. The molecule has 0 amide bonds. The summed E-state index contributed by atoms with van der Waals surface area (Å²) in [6.07, 6.45) is 1.79. The molecule has 0 radical (unpaired) electrons. The number of rotatable bonds is 9. The number of carboxylic acids is 1. The summed E-state index contributed by atoms with van der Waals surface area (Å²) in [7, 11) is 3.07. The molecule has 0 aliphatic carbocycles. The van der Waals surface area contributed by atoms with Crippen molar-refractivity contribution in [3.05, 3.63) is 60.0 Å². The molecule has 1 atom stereocenters. The van der Waals surface area contributed by atoms with Gasteiger partial charge in [-0.05, 0) is 24.1 Å². The van der Waals surface area contributed by atoms with Crippen molar-refractivity contribution in [3.8, 4) is 28.7 Å². The third-order valence-electron chi connectivity index (χ3n) is 4.52. The van der Waals surface area contributed by atoms with Crippen LogP contribution in [0.5, 0.6) is 17.2 Å². The van der Waals surface area contributed by atoms with Crippen LogP contribution in [0.4, 0.5) is 0 Å². The number of benzene rings is 2. The van der Waals surface area contributed by atoms with Crippen LogP contribution in [0.3, 0.4) is 0 Å². The second-order valence-electron chi connectivity index (χ2n) is 6.36. The Kier molecular flexibility index (Phi) is 6.39. The highest BCUT2D eigenvalue weighted by Crippen LogP contribution is 2.42. The molecular formula is C22H23NO6. The number of nitrogens with zero attached hydrogens (tertiary/aromatic N) is 1. The fourth-order valence-electron chi connectivity index (χ4n) is 2.96. The van der Waals surface area contributed by atoms with Crippen molar-refractivity contribution >= 4 is 5.97 Å². The van der Waals surface area contributed by atoms with Gasteiger partial charge in [-0.1, -0.05) is 37.3 Å². The molecule has 2 aromatic carbocycles. The van der Waals surface area contributed by atoms with Gasteiger partial charge in [-0.3, -0.25) is 4.79 Å². The number of aliphatic carboxylic acids is 1. The minimum absolute atomic E-state index is 0.283. The number of carboxylic acid groups (broad SMARTS) is 1. The van der Waals surface area contributed by atoms with Gasteiger partial charge in [0.1, 0.15) is 18.8 Å². The summed E-state index contributed by atoms with van der Waals surface area (Å²) in [5.41, 5.74) is 1.98. The van der Waals surface area contributed by atoms with Gasteiger partial charge in [0.15, 0.2) is 11.5 Å². The molecular weight excluding hydrogens is 374 g/mol. The molecule has 7 heteroatoms. The van der Waals surface area contributed by atoms with Crippen LogP contribution in [-0.4, -0.2) is 30.3 Å². The van der Waals surface area contributed by atoms with Crippen LogP contribution in [0.1, 0.15) is 30.5 Å². The quantitative estimate of drug-likeness (QED) is 0.568. The Morgan fingerprint density at radius 2 is 1.79 bits per heavy atom. The average molecular weight is 397 g/mol. The van der Waals surface area contributed by atoms with Gasteiger partial charge in [-0.25, -0.2) is 4.98 Å². The van der Waals surface area contributed by atoms with Gasteiger partial charge in [0, 0.05) is 5.56 Å². The number of hydrogen-bond donors (Lipinski definition) is 1. The number of carbonyl (C=O) groups is 1. The Morgan fingerprint density at radius 3 is 2.34 bits per heavy atom. The maximum Gasteiger partial charge on any atom is 0.312 e. The highest BCUT2D eigenvalue weighted by Gasteiger charge is 2.23. The molecule has 0 fully saturated rings. The van der Waals surface area contributed by atoms with Gasteiger partial charge < -0.3 is 23.7 Å². The van der Waals surface area contributed by atoms with Crippen molar-refractivity contribution in [2.24, 2.45) is 0 Å². The van der Waals surface area contributed by atoms with Crippen molar-refractivity contribution in [2.45, 2.75) is 25.9 Å². The lowest BCUT2D eigenvalue weighted by molar-refractivity contribution is -0.138. The Hall–Kier alpha value is -3.48. The summed E-state index contributed by atoms with van der Waals surface area (Å²) in [6.45, 7) is 2.14. The maximum absolute atomic E-state index is 11.4. The largest absolute Gasteiger partial charge is 0.493 e. The molecule has 7 nitrogen and oxygen atoms in total. The lowest BCUT2D eigenvalue weighted by Gasteiger charge is -2.15. The van der Waals surface area contributed by atoms with E-state index in [4.69, 9.17) is 18.6 Å². The summed E-state index contributed by atoms with van der Waals surface area (Å²) in [4.78, 5) is 15.7. The minimum Gasteiger partial charge on any atom is -0.493 e. The van der Waals surface area contributed by atoms with Gasteiger partial charge in [-0.15, -0.1) is 0 Å². The Balaban J connectivity index is 1.92. The van der Waals surface area contributed by atoms with Gasteiger partial charge in [0.25, 0.3) is 0 Å². The van der Waals surface area contributed by atoms with E-state index in [0.717, 1.165) is 5.56 Å². The van der Waals surface area contributed by atoms with E-state index in [9.17, 15) is 9.90 Å². The number of hydrogen-bond acceptors (Lipinski definition) is 6. The SMILES string of the molecule is CCC(C(=O)O)c1coc(-c2cc(OC)c(OCc3ccccc3)c(OC)c2)n1. The molecule has 0 aliphatic rings. The van der Waals surface area contributed by atoms with E-state index < -0.39 is 11.9 Å². The van der Waals surface area contributed by atoms with E-state index in [1.54, 1.807) is 19.1 Å². The molecule has 1 N–H and O–H groups in total. The number of aromatic nitrogens is 1. The molecule has 29 heavy (non-hydrogen) atoms. The minimum atomic E-state index is -0.938. The van der Waals surface area contributed by atoms with Crippen LogP contribution in [0.2, 0.25) is 0 Å². The van der Waals surface area contributed by atoms with Crippen molar-refractivity contribution < 1.29 is 28.5 Å². The molecule has 3 rings (SSSR count). The summed E-state index contributed by atoms with van der Waals surface area (Å²) < 4.78 is 22.4. The van der Waals surface area contributed by atoms with E-state index in [0.29, 0.717) is 41.5 Å². The molecule has 1 aromatic heterocycles. The maximum atomic E-state index is 11.4. The van der Waals surface area contributed by atoms with Crippen molar-refractivity contribution in [1.29, 1.82) is 0 Å². The van der Waals surface area contributed by atoms with Crippen LogP contribution >= 0.6 is 0 Å². The molecule has 1 unspecified atom stereocenters.